The van der Waals surface area contributed by atoms with Crippen molar-refractivity contribution in [1.82, 2.24) is 9.97 Å². The van der Waals surface area contributed by atoms with Gasteiger partial charge in [-0.1, -0.05) is 24.3 Å². The number of aliphatic hydroxyl groups excluding tert-OH is 1. The van der Waals surface area contributed by atoms with Crippen LogP contribution in [0.25, 0.3) is 22.3 Å². The van der Waals surface area contributed by atoms with E-state index in [4.69, 9.17) is 0 Å². The van der Waals surface area contributed by atoms with Gasteiger partial charge in [0.2, 0.25) is 0 Å². The third-order valence-electron chi connectivity index (χ3n) is 3.24. The van der Waals surface area contributed by atoms with Gasteiger partial charge in [-0.05, 0) is 29.3 Å². The predicted molar refractivity (Wildman–Crippen MR) is 72.5 cm³/mol. The molecule has 0 aliphatic carbocycles. The third kappa shape index (κ3) is 2.62. The summed E-state index contributed by atoms with van der Waals surface area (Å²) in [4.78, 5) is 7.26. The number of nitrogens with one attached hydrogen (secondary N) is 1. The Balaban J connectivity index is 1.93. The molecule has 0 amide bonds. The first kappa shape index (κ1) is 13.6. The number of alkyl halides is 3. The van der Waals surface area contributed by atoms with Gasteiger partial charge in [-0.15, -0.1) is 0 Å². The highest BCUT2D eigenvalue weighted by molar-refractivity contribution is 5.82. The minimum atomic E-state index is -4.66. The summed E-state index contributed by atoms with van der Waals surface area (Å²) in [5, 5.41) is 10.1. The van der Waals surface area contributed by atoms with Crippen LogP contribution in [0.2, 0.25) is 0 Å². The fourth-order valence-electron chi connectivity index (χ4n) is 2.15. The largest absolute Gasteiger partial charge is 0.418 e. The molecule has 1 aromatic carbocycles. The Bertz CT molecular complexity index is 729. The average Bonchev–Trinajstić information content (AvgIpc) is 2.89. The van der Waals surface area contributed by atoms with Gasteiger partial charge in [-0.25, -0.2) is 4.98 Å². The number of rotatable bonds is 2. The number of fused-ring (bicyclic) bond motifs is 1. The molecule has 2 aromatic heterocycles. The van der Waals surface area contributed by atoms with Gasteiger partial charge in [0.25, 0.3) is 0 Å². The van der Waals surface area contributed by atoms with Crippen LogP contribution in [0.5, 0.6) is 0 Å². The lowest BCUT2D eigenvalue weighted by atomic mass is 10.1. The Morgan fingerprint density at radius 3 is 2.43 bits per heavy atom. The molecule has 0 aliphatic rings. The van der Waals surface area contributed by atoms with E-state index in [2.05, 4.69) is 9.97 Å². The minimum absolute atomic E-state index is 0.180. The molecular weight excluding hydrogens is 281 g/mol. The molecule has 2 N–H and O–H groups in total. The molecule has 0 fully saturated rings. The van der Waals surface area contributed by atoms with E-state index < -0.39 is 12.3 Å². The summed E-state index contributed by atoms with van der Waals surface area (Å²) in [6, 6.07) is 11.2. The van der Waals surface area contributed by atoms with Gasteiger partial charge in [-0.2, -0.15) is 13.2 Å². The molecule has 1 atom stereocenters. The number of H-pyrrole nitrogens is 1. The molecule has 0 saturated heterocycles. The molecular formula is C15H11F3N2O. The maximum Gasteiger partial charge on any atom is 0.418 e. The molecule has 2 heterocycles. The van der Waals surface area contributed by atoms with E-state index in [9.17, 15) is 18.3 Å². The molecule has 0 aliphatic heterocycles. The second kappa shape index (κ2) is 4.89. The number of pyridine rings is 1. The normalized spacial score (nSPS) is 13.5. The van der Waals surface area contributed by atoms with Gasteiger partial charge in [0.15, 0.2) is 6.10 Å². The first-order valence-corrected chi connectivity index (χ1v) is 6.24. The zero-order valence-corrected chi connectivity index (χ0v) is 10.7. The Morgan fingerprint density at radius 2 is 1.81 bits per heavy atom. The number of halogens is 3. The minimum Gasteiger partial charge on any atom is -0.379 e. The van der Waals surface area contributed by atoms with Crippen LogP contribution in [0.15, 0.2) is 48.7 Å². The predicted octanol–water partition coefficient (Wildman–Crippen LogP) is 3.83. The number of nitrogens with zero attached hydrogens (tertiary/aromatic N) is 1. The molecule has 0 spiro atoms. The number of benzene rings is 1. The summed E-state index contributed by atoms with van der Waals surface area (Å²) in [7, 11) is 0. The first-order chi connectivity index (χ1) is 9.95. The molecule has 0 bridgehead atoms. The van der Waals surface area contributed by atoms with E-state index in [0.717, 1.165) is 16.6 Å². The van der Waals surface area contributed by atoms with Gasteiger partial charge < -0.3 is 10.1 Å². The number of hydrogen-bond acceptors (Lipinski definition) is 2. The van der Waals surface area contributed by atoms with Crippen molar-refractivity contribution >= 4 is 11.0 Å². The maximum atomic E-state index is 12.4. The molecule has 21 heavy (non-hydrogen) atoms. The van der Waals surface area contributed by atoms with E-state index in [-0.39, 0.29) is 5.56 Å². The van der Waals surface area contributed by atoms with Gasteiger partial charge in [0, 0.05) is 17.3 Å². The molecule has 3 rings (SSSR count). The summed E-state index contributed by atoms with van der Waals surface area (Å²) in [6.45, 7) is 0. The zero-order valence-electron chi connectivity index (χ0n) is 10.7. The lowest BCUT2D eigenvalue weighted by Crippen LogP contribution is -2.19. The highest BCUT2D eigenvalue weighted by Crippen LogP contribution is 2.33. The quantitative estimate of drug-likeness (QED) is 0.754. The second-order valence-electron chi connectivity index (χ2n) is 4.69. The van der Waals surface area contributed by atoms with Crippen LogP contribution in [0.3, 0.4) is 0 Å². The lowest BCUT2D eigenvalue weighted by Gasteiger charge is -2.14. The Labute approximate surface area is 118 Å². The van der Waals surface area contributed by atoms with Crippen molar-refractivity contribution in [3.8, 4) is 11.3 Å². The van der Waals surface area contributed by atoms with Crippen molar-refractivity contribution < 1.29 is 18.3 Å². The smallest absolute Gasteiger partial charge is 0.379 e. The average molecular weight is 292 g/mol. The van der Waals surface area contributed by atoms with Crippen LogP contribution in [0, 0.1) is 0 Å². The third-order valence-corrected chi connectivity index (χ3v) is 3.24. The van der Waals surface area contributed by atoms with E-state index in [1.807, 2.05) is 18.2 Å². The second-order valence-corrected chi connectivity index (χ2v) is 4.69. The number of aromatic nitrogens is 2. The molecule has 0 saturated carbocycles. The number of aromatic amines is 1. The fraction of sp³-hybridized carbons (Fsp3) is 0.133. The monoisotopic (exact) mass is 292 g/mol. The standard InChI is InChI=1S/C15H11F3N2O/c16-15(17,18)13(21)10-5-3-9(4-6-10)12-8-11-2-1-7-19-14(11)20-12/h1-8,13,21H,(H,19,20). The van der Waals surface area contributed by atoms with Crippen molar-refractivity contribution in [3.05, 3.63) is 54.2 Å². The summed E-state index contributed by atoms with van der Waals surface area (Å²) in [5.74, 6) is 0. The Hall–Kier alpha value is -2.34. The van der Waals surface area contributed by atoms with Crippen LogP contribution in [-0.4, -0.2) is 21.3 Å². The van der Waals surface area contributed by atoms with E-state index in [1.54, 1.807) is 6.20 Å². The van der Waals surface area contributed by atoms with Crippen LogP contribution < -0.4 is 0 Å². The highest BCUT2D eigenvalue weighted by atomic mass is 19.4. The van der Waals surface area contributed by atoms with Crippen molar-refractivity contribution in [2.24, 2.45) is 0 Å². The zero-order chi connectivity index (χ0) is 15.0. The summed E-state index contributed by atoms with van der Waals surface area (Å²) in [6.07, 6.45) is -5.46. The number of hydrogen-bond donors (Lipinski definition) is 2. The van der Waals surface area contributed by atoms with Crippen LogP contribution in [0.4, 0.5) is 13.2 Å². The molecule has 0 radical (unpaired) electrons. The van der Waals surface area contributed by atoms with E-state index in [1.165, 1.54) is 24.3 Å². The molecule has 1 unspecified atom stereocenters. The van der Waals surface area contributed by atoms with Gasteiger partial charge in [0.05, 0.1) is 0 Å². The van der Waals surface area contributed by atoms with Crippen molar-refractivity contribution in [2.75, 3.05) is 0 Å². The summed E-state index contributed by atoms with van der Waals surface area (Å²) >= 11 is 0. The van der Waals surface area contributed by atoms with Crippen LogP contribution in [0.1, 0.15) is 11.7 Å². The Kier molecular flexibility index (Phi) is 3.17. The van der Waals surface area contributed by atoms with Crippen molar-refractivity contribution in [1.29, 1.82) is 0 Å². The molecule has 3 aromatic rings. The van der Waals surface area contributed by atoms with Gasteiger partial charge in [0.1, 0.15) is 5.65 Å². The highest BCUT2D eigenvalue weighted by Gasteiger charge is 2.39. The van der Waals surface area contributed by atoms with Crippen molar-refractivity contribution in [3.63, 3.8) is 0 Å². The molecule has 3 nitrogen and oxygen atoms in total. The summed E-state index contributed by atoms with van der Waals surface area (Å²) < 4.78 is 37.3. The maximum absolute atomic E-state index is 12.4. The van der Waals surface area contributed by atoms with Gasteiger partial charge >= 0.3 is 6.18 Å². The van der Waals surface area contributed by atoms with Crippen LogP contribution >= 0.6 is 0 Å². The van der Waals surface area contributed by atoms with Crippen LogP contribution in [-0.2, 0) is 0 Å². The van der Waals surface area contributed by atoms with E-state index in [0.29, 0.717) is 5.65 Å². The molecule has 6 heteroatoms. The first-order valence-electron chi connectivity index (χ1n) is 6.24. The van der Waals surface area contributed by atoms with Gasteiger partial charge in [-0.3, -0.25) is 0 Å². The SMILES string of the molecule is OC(c1ccc(-c2cc3cccnc3[nH]2)cc1)C(F)(F)F. The molecule has 108 valence electrons. The Morgan fingerprint density at radius 1 is 1.10 bits per heavy atom. The fourth-order valence-corrected chi connectivity index (χ4v) is 2.15. The topological polar surface area (TPSA) is 48.9 Å². The van der Waals surface area contributed by atoms with E-state index >= 15 is 0 Å². The summed E-state index contributed by atoms with van der Waals surface area (Å²) in [5.41, 5.74) is 2.02. The van der Waals surface area contributed by atoms with Crippen molar-refractivity contribution in [2.45, 2.75) is 12.3 Å². The lowest BCUT2D eigenvalue weighted by molar-refractivity contribution is -0.206. The number of aliphatic hydroxyl groups is 1.